The molecular formula is C20H35N5O2. The van der Waals surface area contributed by atoms with Crippen molar-refractivity contribution in [3.8, 4) is 0 Å². The molecule has 1 aromatic heterocycles. The first-order chi connectivity index (χ1) is 12.8. The Hall–Kier alpha value is -1.86. The summed E-state index contributed by atoms with van der Waals surface area (Å²) in [4.78, 5) is 11.2. The Bertz CT molecular complexity index is 597. The van der Waals surface area contributed by atoms with Gasteiger partial charge < -0.3 is 25.0 Å². The standard InChI is InChI=1S/C20H35N5O2/c1-15-14-25(9-10-27-15)18-8-7-16(11-22-18)12-23-19(21-5)24-13-17(26-6)20(2,3)4/h7-8,11,15,17H,9-10,12-14H2,1-6H3,(H2,21,23,24). The third kappa shape index (κ3) is 6.66. The van der Waals surface area contributed by atoms with Gasteiger partial charge in [0.1, 0.15) is 5.82 Å². The number of anilines is 1. The van der Waals surface area contributed by atoms with Gasteiger partial charge in [-0.3, -0.25) is 4.99 Å². The smallest absolute Gasteiger partial charge is 0.191 e. The van der Waals surface area contributed by atoms with Crippen molar-refractivity contribution in [2.45, 2.75) is 46.4 Å². The fourth-order valence-electron chi connectivity index (χ4n) is 3.07. The van der Waals surface area contributed by atoms with Gasteiger partial charge in [-0.05, 0) is 24.0 Å². The van der Waals surface area contributed by atoms with E-state index in [4.69, 9.17) is 9.47 Å². The van der Waals surface area contributed by atoms with Crippen LogP contribution in [0.3, 0.4) is 0 Å². The van der Waals surface area contributed by atoms with Crippen LogP contribution < -0.4 is 15.5 Å². The molecule has 7 nitrogen and oxygen atoms in total. The number of methoxy groups -OCH3 is 1. The second-order valence-electron chi connectivity index (χ2n) is 8.05. The molecule has 0 aromatic carbocycles. The molecular weight excluding hydrogens is 342 g/mol. The van der Waals surface area contributed by atoms with Crippen LogP contribution in [0, 0.1) is 5.41 Å². The number of aromatic nitrogens is 1. The predicted molar refractivity (Wildman–Crippen MR) is 110 cm³/mol. The molecule has 7 heteroatoms. The van der Waals surface area contributed by atoms with Crippen molar-refractivity contribution in [1.29, 1.82) is 0 Å². The average molecular weight is 378 g/mol. The van der Waals surface area contributed by atoms with Crippen LogP contribution in [0.15, 0.2) is 23.3 Å². The minimum Gasteiger partial charge on any atom is -0.379 e. The number of guanidine groups is 1. The van der Waals surface area contributed by atoms with E-state index in [1.807, 2.05) is 6.20 Å². The lowest BCUT2D eigenvalue weighted by Gasteiger charge is -2.32. The minimum atomic E-state index is 0.0668. The summed E-state index contributed by atoms with van der Waals surface area (Å²) in [5.74, 6) is 1.76. The average Bonchev–Trinajstić information content (AvgIpc) is 2.64. The van der Waals surface area contributed by atoms with E-state index in [0.717, 1.165) is 37.0 Å². The molecule has 1 saturated heterocycles. The first-order valence-electron chi connectivity index (χ1n) is 9.62. The summed E-state index contributed by atoms with van der Waals surface area (Å²) >= 11 is 0. The predicted octanol–water partition coefficient (Wildman–Crippen LogP) is 2.03. The van der Waals surface area contributed by atoms with Gasteiger partial charge in [0, 0.05) is 46.5 Å². The second kappa shape index (κ2) is 9.90. The van der Waals surface area contributed by atoms with Gasteiger partial charge in [-0.1, -0.05) is 26.8 Å². The number of hydrogen-bond acceptors (Lipinski definition) is 5. The molecule has 27 heavy (non-hydrogen) atoms. The summed E-state index contributed by atoms with van der Waals surface area (Å²) in [5.41, 5.74) is 1.18. The zero-order valence-corrected chi connectivity index (χ0v) is 17.6. The molecule has 2 N–H and O–H groups in total. The topological polar surface area (TPSA) is 71.0 Å². The molecule has 0 amide bonds. The highest BCUT2D eigenvalue weighted by molar-refractivity contribution is 5.79. The molecule has 2 heterocycles. The Labute approximate surface area is 163 Å². The van der Waals surface area contributed by atoms with Gasteiger partial charge >= 0.3 is 0 Å². The molecule has 0 aliphatic carbocycles. The lowest BCUT2D eigenvalue weighted by atomic mass is 9.89. The van der Waals surface area contributed by atoms with Gasteiger partial charge in [-0.15, -0.1) is 0 Å². The normalized spacial score (nSPS) is 19.7. The van der Waals surface area contributed by atoms with Gasteiger partial charge in [-0.25, -0.2) is 4.98 Å². The van der Waals surface area contributed by atoms with Crippen LogP contribution in [0.4, 0.5) is 5.82 Å². The number of aliphatic imine (C=N–C) groups is 1. The molecule has 1 aromatic rings. The van der Waals surface area contributed by atoms with Gasteiger partial charge in [0.2, 0.25) is 0 Å². The Morgan fingerprint density at radius 1 is 1.41 bits per heavy atom. The Morgan fingerprint density at radius 3 is 2.74 bits per heavy atom. The highest BCUT2D eigenvalue weighted by Gasteiger charge is 2.24. The number of rotatable bonds is 6. The van der Waals surface area contributed by atoms with Crippen LogP contribution in [0.25, 0.3) is 0 Å². The number of morpholine rings is 1. The first-order valence-corrected chi connectivity index (χ1v) is 9.62. The van der Waals surface area contributed by atoms with E-state index in [0.29, 0.717) is 13.1 Å². The van der Waals surface area contributed by atoms with E-state index in [-0.39, 0.29) is 17.6 Å². The molecule has 2 rings (SSSR count). The van der Waals surface area contributed by atoms with Gasteiger partial charge in [0.25, 0.3) is 0 Å². The van der Waals surface area contributed by atoms with E-state index in [2.05, 4.69) is 65.3 Å². The molecule has 1 fully saturated rings. The third-order valence-corrected chi connectivity index (χ3v) is 4.76. The highest BCUT2D eigenvalue weighted by atomic mass is 16.5. The van der Waals surface area contributed by atoms with E-state index < -0.39 is 0 Å². The minimum absolute atomic E-state index is 0.0668. The van der Waals surface area contributed by atoms with Crippen molar-refractivity contribution in [2.24, 2.45) is 10.4 Å². The SMILES string of the molecule is CN=C(NCc1ccc(N2CCOC(C)C2)nc1)NCC(OC)C(C)(C)C. The Balaban J connectivity index is 1.84. The summed E-state index contributed by atoms with van der Waals surface area (Å²) in [7, 11) is 3.52. The van der Waals surface area contributed by atoms with E-state index in [1.54, 1.807) is 14.2 Å². The molecule has 2 atom stereocenters. The summed E-state index contributed by atoms with van der Waals surface area (Å²) < 4.78 is 11.2. The van der Waals surface area contributed by atoms with Gasteiger partial charge in [-0.2, -0.15) is 0 Å². The molecule has 0 bridgehead atoms. The van der Waals surface area contributed by atoms with E-state index in [1.165, 1.54) is 0 Å². The fourth-order valence-corrected chi connectivity index (χ4v) is 3.07. The highest BCUT2D eigenvalue weighted by Crippen LogP contribution is 2.21. The number of nitrogens with zero attached hydrogens (tertiary/aromatic N) is 3. The third-order valence-electron chi connectivity index (χ3n) is 4.76. The summed E-state index contributed by atoms with van der Waals surface area (Å²) in [5, 5.41) is 6.67. The van der Waals surface area contributed by atoms with E-state index >= 15 is 0 Å². The van der Waals surface area contributed by atoms with Crippen molar-refractivity contribution >= 4 is 11.8 Å². The maximum absolute atomic E-state index is 5.59. The van der Waals surface area contributed by atoms with Crippen LogP contribution in [-0.4, -0.2) is 63.6 Å². The maximum atomic E-state index is 5.59. The largest absolute Gasteiger partial charge is 0.379 e. The van der Waals surface area contributed by atoms with Crippen molar-refractivity contribution in [3.63, 3.8) is 0 Å². The van der Waals surface area contributed by atoms with Crippen molar-refractivity contribution in [3.05, 3.63) is 23.9 Å². The molecule has 0 radical (unpaired) electrons. The molecule has 0 spiro atoms. The molecule has 1 aliphatic heterocycles. The number of ether oxygens (including phenoxy) is 2. The molecule has 2 unspecified atom stereocenters. The Kier molecular flexibility index (Phi) is 7.86. The quantitative estimate of drug-likeness (QED) is 0.584. The van der Waals surface area contributed by atoms with Gasteiger partial charge in [0.05, 0.1) is 18.8 Å². The first kappa shape index (κ1) is 21.4. The van der Waals surface area contributed by atoms with E-state index in [9.17, 15) is 0 Å². The lowest BCUT2D eigenvalue weighted by Crippen LogP contribution is -2.45. The summed E-state index contributed by atoms with van der Waals surface area (Å²) in [6.07, 6.45) is 2.27. The number of pyridine rings is 1. The summed E-state index contributed by atoms with van der Waals surface area (Å²) in [6.45, 7) is 12.5. The van der Waals surface area contributed by atoms with Crippen molar-refractivity contribution in [2.75, 3.05) is 45.3 Å². The zero-order chi connectivity index (χ0) is 19.9. The summed E-state index contributed by atoms with van der Waals surface area (Å²) in [6, 6.07) is 4.18. The number of nitrogens with one attached hydrogen (secondary N) is 2. The van der Waals surface area contributed by atoms with Crippen molar-refractivity contribution < 1.29 is 9.47 Å². The van der Waals surface area contributed by atoms with Gasteiger partial charge in [0.15, 0.2) is 5.96 Å². The van der Waals surface area contributed by atoms with Crippen LogP contribution in [0.5, 0.6) is 0 Å². The number of hydrogen-bond donors (Lipinski definition) is 2. The lowest BCUT2D eigenvalue weighted by molar-refractivity contribution is 0.0205. The monoisotopic (exact) mass is 377 g/mol. The fraction of sp³-hybridized carbons (Fsp3) is 0.700. The van der Waals surface area contributed by atoms with Crippen molar-refractivity contribution in [1.82, 2.24) is 15.6 Å². The van der Waals surface area contributed by atoms with Crippen LogP contribution in [0.2, 0.25) is 0 Å². The maximum Gasteiger partial charge on any atom is 0.191 e. The second-order valence-corrected chi connectivity index (χ2v) is 8.05. The molecule has 1 aliphatic rings. The zero-order valence-electron chi connectivity index (χ0n) is 17.6. The van der Waals surface area contributed by atoms with Crippen LogP contribution >= 0.6 is 0 Å². The molecule has 152 valence electrons. The Morgan fingerprint density at radius 2 is 2.19 bits per heavy atom. The molecule has 0 saturated carbocycles. The van der Waals surface area contributed by atoms with Crippen LogP contribution in [0.1, 0.15) is 33.3 Å². The van der Waals surface area contributed by atoms with Crippen LogP contribution in [-0.2, 0) is 16.0 Å².